The molecule has 4 heteroatoms. The van der Waals surface area contributed by atoms with Crippen LogP contribution in [-0.2, 0) is 10.2 Å². The Morgan fingerprint density at radius 2 is 1.66 bits per heavy atom. The van der Waals surface area contributed by atoms with Gasteiger partial charge in [-0.3, -0.25) is 9.69 Å². The van der Waals surface area contributed by atoms with Crippen LogP contribution in [0.25, 0.3) is 0 Å². The fourth-order valence-electron chi connectivity index (χ4n) is 3.45. The van der Waals surface area contributed by atoms with Crippen LogP contribution in [-0.4, -0.2) is 37.0 Å². The lowest BCUT2D eigenvalue weighted by Crippen LogP contribution is -2.39. The van der Waals surface area contributed by atoms with Crippen molar-refractivity contribution >= 4 is 5.91 Å². The maximum Gasteiger partial charge on any atom is 0.258 e. The topological polar surface area (TPSA) is 41.6 Å². The Bertz CT molecular complexity index is 774. The molecule has 2 aromatic rings. The van der Waals surface area contributed by atoms with Crippen LogP contribution in [0.3, 0.4) is 0 Å². The largest absolute Gasteiger partial charge is 0.484 e. The van der Waals surface area contributed by atoms with E-state index in [4.69, 9.17) is 4.74 Å². The standard InChI is InChI=1S/C25H36N2O2/c1-7-27(8-2)22(20-13-15-21(16-14-20)25(4,5)6)17-26-24(28)18-29-23-12-10-9-11-19(23)3/h9-16,22H,7-8,17-18H2,1-6H3,(H,26,28). The smallest absolute Gasteiger partial charge is 0.258 e. The fourth-order valence-corrected chi connectivity index (χ4v) is 3.45. The van der Waals surface area contributed by atoms with E-state index in [9.17, 15) is 4.79 Å². The van der Waals surface area contributed by atoms with E-state index in [1.54, 1.807) is 0 Å². The van der Waals surface area contributed by atoms with Gasteiger partial charge >= 0.3 is 0 Å². The number of amides is 1. The molecular formula is C25H36N2O2. The lowest BCUT2D eigenvalue weighted by Gasteiger charge is -2.31. The number of rotatable bonds is 9. The Hall–Kier alpha value is -2.33. The van der Waals surface area contributed by atoms with Gasteiger partial charge in [0.05, 0.1) is 6.04 Å². The van der Waals surface area contributed by atoms with Crippen LogP contribution in [0.15, 0.2) is 48.5 Å². The first kappa shape index (κ1) is 23.0. The van der Waals surface area contributed by atoms with Crippen molar-refractivity contribution < 1.29 is 9.53 Å². The molecule has 0 aliphatic rings. The van der Waals surface area contributed by atoms with Gasteiger partial charge in [0.1, 0.15) is 5.75 Å². The molecule has 1 N–H and O–H groups in total. The van der Waals surface area contributed by atoms with E-state index in [0.29, 0.717) is 6.54 Å². The van der Waals surface area contributed by atoms with Crippen LogP contribution < -0.4 is 10.1 Å². The summed E-state index contributed by atoms with van der Waals surface area (Å²) in [5.74, 6) is 0.650. The average Bonchev–Trinajstić information content (AvgIpc) is 2.70. The highest BCUT2D eigenvalue weighted by Gasteiger charge is 2.20. The summed E-state index contributed by atoms with van der Waals surface area (Å²) in [6.07, 6.45) is 0. The van der Waals surface area contributed by atoms with Gasteiger partial charge in [-0.15, -0.1) is 0 Å². The van der Waals surface area contributed by atoms with Crippen LogP contribution in [0.2, 0.25) is 0 Å². The number of hydrogen-bond acceptors (Lipinski definition) is 3. The van der Waals surface area contributed by atoms with Gasteiger partial charge in [-0.05, 0) is 48.2 Å². The number of hydrogen-bond donors (Lipinski definition) is 1. The molecule has 0 aromatic heterocycles. The quantitative estimate of drug-likeness (QED) is 0.657. The first-order valence-corrected chi connectivity index (χ1v) is 10.6. The van der Waals surface area contributed by atoms with Crippen molar-refractivity contribution in [2.45, 2.75) is 53.0 Å². The Labute approximate surface area is 176 Å². The molecule has 158 valence electrons. The molecule has 4 nitrogen and oxygen atoms in total. The summed E-state index contributed by atoms with van der Waals surface area (Å²) in [6, 6.07) is 16.7. The Morgan fingerprint density at radius 1 is 1.03 bits per heavy atom. The van der Waals surface area contributed by atoms with Gasteiger partial charge in [-0.2, -0.15) is 0 Å². The second kappa shape index (κ2) is 10.4. The Balaban J connectivity index is 2.03. The summed E-state index contributed by atoms with van der Waals surface area (Å²) in [6.45, 7) is 15.4. The van der Waals surface area contributed by atoms with Gasteiger partial charge in [0.2, 0.25) is 0 Å². The van der Waals surface area contributed by atoms with Gasteiger partial charge in [0.15, 0.2) is 6.61 Å². The van der Waals surface area contributed by atoms with Crippen molar-refractivity contribution in [3.8, 4) is 5.75 Å². The highest BCUT2D eigenvalue weighted by molar-refractivity contribution is 5.77. The first-order chi connectivity index (χ1) is 13.8. The van der Waals surface area contributed by atoms with Crippen LogP contribution >= 0.6 is 0 Å². The summed E-state index contributed by atoms with van der Waals surface area (Å²) >= 11 is 0. The maximum absolute atomic E-state index is 12.4. The lowest BCUT2D eigenvalue weighted by molar-refractivity contribution is -0.123. The molecule has 0 aliphatic heterocycles. The van der Waals surface area contributed by atoms with Crippen molar-refractivity contribution in [1.82, 2.24) is 10.2 Å². The summed E-state index contributed by atoms with van der Waals surface area (Å²) in [4.78, 5) is 14.8. The summed E-state index contributed by atoms with van der Waals surface area (Å²) < 4.78 is 5.68. The van der Waals surface area contributed by atoms with E-state index < -0.39 is 0 Å². The van der Waals surface area contributed by atoms with E-state index in [-0.39, 0.29) is 24.0 Å². The van der Waals surface area contributed by atoms with Crippen LogP contribution in [0.4, 0.5) is 0 Å². The van der Waals surface area contributed by atoms with Crippen LogP contribution in [0, 0.1) is 6.92 Å². The Kier molecular flexibility index (Phi) is 8.27. The molecule has 0 aliphatic carbocycles. The number of ether oxygens (including phenoxy) is 1. The minimum Gasteiger partial charge on any atom is -0.484 e. The second-order valence-electron chi connectivity index (χ2n) is 8.47. The number of benzene rings is 2. The van der Waals surface area contributed by atoms with Crippen LogP contribution in [0.1, 0.15) is 57.4 Å². The molecule has 0 radical (unpaired) electrons. The molecule has 1 amide bonds. The molecule has 0 saturated heterocycles. The van der Waals surface area contributed by atoms with E-state index in [1.807, 2.05) is 31.2 Å². The maximum atomic E-state index is 12.4. The van der Waals surface area contributed by atoms with E-state index in [2.05, 4.69) is 69.1 Å². The molecule has 0 saturated carbocycles. The summed E-state index contributed by atoms with van der Waals surface area (Å²) in [5.41, 5.74) is 3.70. The molecule has 2 rings (SSSR count). The minimum absolute atomic E-state index is 0.0266. The van der Waals surface area contributed by atoms with Gasteiger partial charge in [0, 0.05) is 6.54 Å². The van der Waals surface area contributed by atoms with Crippen molar-refractivity contribution in [1.29, 1.82) is 0 Å². The predicted octanol–water partition coefficient (Wildman–Crippen LogP) is 4.87. The Morgan fingerprint density at radius 3 is 2.21 bits per heavy atom. The van der Waals surface area contributed by atoms with Crippen LogP contribution in [0.5, 0.6) is 5.75 Å². The monoisotopic (exact) mass is 396 g/mol. The molecule has 0 heterocycles. The van der Waals surface area contributed by atoms with Gasteiger partial charge < -0.3 is 10.1 Å². The van der Waals surface area contributed by atoms with Crippen molar-refractivity contribution in [2.24, 2.45) is 0 Å². The van der Waals surface area contributed by atoms with Crippen molar-refractivity contribution in [2.75, 3.05) is 26.2 Å². The number of para-hydroxylation sites is 1. The third-order valence-corrected chi connectivity index (χ3v) is 5.36. The molecule has 1 atom stereocenters. The zero-order valence-electron chi connectivity index (χ0n) is 18.8. The number of nitrogens with one attached hydrogen (secondary N) is 1. The number of aryl methyl sites for hydroxylation is 1. The number of nitrogens with zero attached hydrogens (tertiary/aromatic N) is 1. The molecule has 0 bridgehead atoms. The zero-order chi connectivity index (χ0) is 21.4. The molecule has 0 spiro atoms. The minimum atomic E-state index is -0.100. The van der Waals surface area contributed by atoms with E-state index >= 15 is 0 Å². The molecule has 1 unspecified atom stereocenters. The van der Waals surface area contributed by atoms with Crippen molar-refractivity contribution in [3.05, 3.63) is 65.2 Å². The number of carbonyl (C=O) groups excluding carboxylic acids is 1. The third kappa shape index (κ3) is 6.60. The normalized spacial score (nSPS) is 12.7. The zero-order valence-corrected chi connectivity index (χ0v) is 18.8. The van der Waals surface area contributed by atoms with Gasteiger partial charge in [-0.1, -0.05) is 77.1 Å². The molecule has 0 fully saturated rings. The van der Waals surface area contributed by atoms with E-state index in [1.165, 1.54) is 11.1 Å². The van der Waals surface area contributed by atoms with Gasteiger partial charge in [-0.25, -0.2) is 0 Å². The fraction of sp³-hybridized carbons (Fsp3) is 0.480. The summed E-state index contributed by atoms with van der Waals surface area (Å²) in [7, 11) is 0. The number of carbonyl (C=O) groups is 1. The highest BCUT2D eigenvalue weighted by atomic mass is 16.5. The van der Waals surface area contributed by atoms with E-state index in [0.717, 1.165) is 24.4 Å². The number of likely N-dealkylation sites (N-methyl/N-ethyl adjacent to an activating group) is 1. The predicted molar refractivity (Wildman–Crippen MR) is 120 cm³/mol. The molecule has 29 heavy (non-hydrogen) atoms. The summed E-state index contributed by atoms with van der Waals surface area (Å²) in [5, 5.41) is 3.06. The lowest BCUT2D eigenvalue weighted by atomic mass is 9.86. The SMILES string of the molecule is CCN(CC)C(CNC(=O)COc1ccccc1C)c1ccc(C(C)(C)C)cc1. The average molecular weight is 397 g/mol. The van der Waals surface area contributed by atoms with Crippen molar-refractivity contribution in [3.63, 3.8) is 0 Å². The third-order valence-electron chi connectivity index (χ3n) is 5.36. The molecule has 2 aromatic carbocycles. The second-order valence-corrected chi connectivity index (χ2v) is 8.47. The first-order valence-electron chi connectivity index (χ1n) is 10.6. The van der Waals surface area contributed by atoms with Gasteiger partial charge in [0.25, 0.3) is 5.91 Å². The molecular weight excluding hydrogens is 360 g/mol. The highest BCUT2D eigenvalue weighted by Crippen LogP contribution is 2.26.